The fraction of sp³-hybridized carbons (Fsp3) is 0. The highest BCUT2D eigenvalue weighted by Gasteiger charge is 2.19. The molecule has 0 bridgehead atoms. The molecule has 0 saturated heterocycles. The Bertz CT molecular complexity index is 1290. The molecule has 0 spiro atoms. The number of fused-ring (bicyclic) bond motifs is 2. The van der Waals surface area contributed by atoms with Crippen molar-refractivity contribution in [1.29, 1.82) is 0 Å². The predicted molar refractivity (Wildman–Crippen MR) is 104 cm³/mol. The highest BCUT2D eigenvalue weighted by atomic mass is 16.1. The van der Waals surface area contributed by atoms with E-state index in [0.29, 0.717) is 28.4 Å². The third-order valence-electron chi connectivity index (χ3n) is 4.56. The van der Waals surface area contributed by atoms with E-state index >= 15 is 0 Å². The molecule has 0 radical (unpaired) electrons. The molecule has 0 fully saturated rings. The molecule has 0 atom stereocenters. The Balaban J connectivity index is 1.56. The summed E-state index contributed by atoms with van der Waals surface area (Å²) in [6.07, 6.45) is 1.48. The van der Waals surface area contributed by atoms with Gasteiger partial charge in [-0.25, -0.2) is 9.67 Å². The highest BCUT2D eigenvalue weighted by molar-refractivity contribution is 6.12. The summed E-state index contributed by atoms with van der Waals surface area (Å²) >= 11 is 0. The maximum absolute atomic E-state index is 12.9. The number of imidazole rings is 1. The maximum Gasteiger partial charge on any atom is 0.214 e. The summed E-state index contributed by atoms with van der Waals surface area (Å²) in [7, 11) is 0. The van der Waals surface area contributed by atoms with Crippen LogP contribution in [0.4, 0.5) is 11.8 Å². The summed E-state index contributed by atoms with van der Waals surface area (Å²) in [6, 6.07) is 15.0. The molecule has 0 unspecified atom stereocenters. The number of nitrogens with zero attached hydrogens (tertiary/aromatic N) is 3. The predicted octanol–water partition coefficient (Wildman–Crippen LogP) is 2.63. The van der Waals surface area contributed by atoms with Crippen LogP contribution in [-0.4, -0.2) is 30.5 Å². The Hall–Kier alpha value is -4.07. The normalized spacial score (nSPS) is 11.4. The first-order valence-corrected chi connectivity index (χ1v) is 8.32. The molecule has 132 valence electrons. The van der Waals surface area contributed by atoms with Gasteiger partial charge in [-0.05, 0) is 30.3 Å². The number of anilines is 2. The number of carbonyl (C=O) groups excluding carboxylic acids is 1. The van der Waals surface area contributed by atoms with Gasteiger partial charge in [0.15, 0.2) is 5.95 Å². The zero-order valence-corrected chi connectivity index (χ0v) is 14.1. The number of aromatic amines is 2. The number of ketones is 1. The fourth-order valence-electron chi connectivity index (χ4n) is 3.23. The molecule has 8 nitrogen and oxygen atoms in total. The molecule has 5 aromatic rings. The van der Waals surface area contributed by atoms with Crippen molar-refractivity contribution >= 4 is 39.5 Å². The maximum atomic E-state index is 12.9. The van der Waals surface area contributed by atoms with Crippen LogP contribution in [0.2, 0.25) is 0 Å². The number of nitrogens with two attached hydrogens (primary N) is 2. The van der Waals surface area contributed by atoms with Gasteiger partial charge >= 0.3 is 0 Å². The number of H-pyrrole nitrogens is 2. The van der Waals surface area contributed by atoms with Gasteiger partial charge in [-0.3, -0.25) is 4.79 Å². The first-order chi connectivity index (χ1) is 13.1. The standard InChI is InChI=1S/C19H15N7O/c20-18-12(17(27)16-7-10-3-1-2-4-13(10)23-16)9-22-26(18)11-5-6-14-15(8-11)25-19(21)24-14/h1-9,23H,20H2,(H3,21,24,25). The van der Waals surface area contributed by atoms with Crippen LogP contribution in [-0.2, 0) is 0 Å². The zero-order valence-electron chi connectivity index (χ0n) is 14.1. The number of nitrogens with one attached hydrogen (secondary N) is 2. The first kappa shape index (κ1) is 15.2. The van der Waals surface area contributed by atoms with E-state index in [1.807, 2.05) is 48.5 Å². The smallest absolute Gasteiger partial charge is 0.214 e. The molecule has 3 heterocycles. The van der Waals surface area contributed by atoms with Gasteiger partial charge in [0.25, 0.3) is 0 Å². The number of rotatable bonds is 3. The molecule has 0 aliphatic rings. The van der Waals surface area contributed by atoms with Crippen LogP contribution in [0.3, 0.4) is 0 Å². The average molecular weight is 357 g/mol. The summed E-state index contributed by atoms with van der Waals surface area (Å²) < 4.78 is 1.51. The Kier molecular flexibility index (Phi) is 3.08. The summed E-state index contributed by atoms with van der Waals surface area (Å²) in [5.41, 5.74) is 15.8. The number of hydrogen-bond acceptors (Lipinski definition) is 5. The fourth-order valence-corrected chi connectivity index (χ4v) is 3.23. The minimum atomic E-state index is -0.208. The molecule has 0 saturated carbocycles. The molecular weight excluding hydrogens is 342 g/mol. The van der Waals surface area contributed by atoms with Crippen molar-refractivity contribution in [1.82, 2.24) is 24.7 Å². The quantitative estimate of drug-likeness (QED) is 0.369. The third kappa shape index (κ3) is 2.35. The molecule has 27 heavy (non-hydrogen) atoms. The minimum absolute atomic E-state index is 0.208. The highest BCUT2D eigenvalue weighted by Crippen LogP contribution is 2.24. The van der Waals surface area contributed by atoms with Gasteiger partial charge in [0.1, 0.15) is 5.82 Å². The molecule has 0 aliphatic heterocycles. The molecule has 0 aliphatic carbocycles. The van der Waals surface area contributed by atoms with E-state index in [2.05, 4.69) is 20.1 Å². The second-order valence-electron chi connectivity index (χ2n) is 6.28. The van der Waals surface area contributed by atoms with Crippen molar-refractivity contribution in [2.24, 2.45) is 0 Å². The van der Waals surface area contributed by atoms with Crippen LogP contribution in [0, 0.1) is 0 Å². The average Bonchev–Trinajstić information content (AvgIpc) is 3.35. The lowest BCUT2D eigenvalue weighted by Gasteiger charge is -2.04. The van der Waals surface area contributed by atoms with Crippen molar-refractivity contribution in [3.8, 4) is 5.69 Å². The molecule has 3 aromatic heterocycles. The largest absolute Gasteiger partial charge is 0.383 e. The second-order valence-corrected chi connectivity index (χ2v) is 6.28. The van der Waals surface area contributed by atoms with Gasteiger partial charge in [0, 0.05) is 10.9 Å². The van der Waals surface area contributed by atoms with E-state index in [1.54, 1.807) is 0 Å². The number of nitrogen functional groups attached to an aromatic ring is 2. The van der Waals surface area contributed by atoms with Crippen LogP contribution in [0.15, 0.2) is 54.7 Å². The van der Waals surface area contributed by atoms with Crippen LogP contribution >= 0.6 is 0 Å². The Morgan fingerprint density at radius 2 is 1.85 bits per heavy atom. The van der Waals surface area contributed by atoms with Crippen molar-refractivity contribution < 1.29 is 4.79 Å². The van der Waals surface area contributed by atoms with E-state index in [1.165, 1.54) is 10.9 Å². The topological polar surface area (TPSA) is 131 Å². The van der Waals surface area contributed by atoms with Crippen molar-refractivity contribution in [2.45, 2.75) is 0 Å². The Morgan fingerprint density at radius 1 is 1.00 bits per heavy atom. The van der Waals surface area contributed by atoms with Crippen molar-refractivity contribution in [2.75, 3.05) is 11.5 Å². The monoisotopic (exact) mass is 357 g/mol. The Morgan fingerprint density at radius 3 is 2.70 bits per heavy atom. The van der Waals surface area contributed by atoms with E-state index in [-0.39, 0.29) is 11.6 Å². The lowest BCUT2D eigenvalue weighted by molar-refractivity contribution is 0.103. The Labute approximate surface area is 152 Å². The van der Waals surface area contributed by atoms with E-state index in [0.717, 1.165) is 16.4 Å². The van der Waals surface area contributed by atoms with Gasteiger partial charge in [-0.2, -0.15) is 5.10 Å². The number of benzene rings is 2. The summed E-state index contributed by atoms with van der Waals surface area (Å²) in [5, 5.41) is 5.25. The number of para-hydroxylation sites is 1. The van der Waals surface area contributed by atoms with Gasteiger partial charge in [0.2, 0.25) is 5.78 Å². The van der Waals surface area contributed by atoms with E-state index in [4.69, 9.17) is 11.5 Å². The summed E-state index contributed by atoms with van der Waals surface area (Å²) in [6.45, 7) is 0. The molecular formula is C19H15N7O. The van der Waals surface area contributed by atoms with Crippen LogP contribution in [0.5, 0.6) is 0 Å². The number of aromatic nitrogens is 5. The second kappa shape index (κ2) is 5.46. The first-order valence-electron chi connectivity index (χ1n) is 8.32. The van der Waals surface area contributed by atoms with Crippen LogP contribution in [0.1, 0.15) is 16.1 Å². The third-order valence-corrected chi connectivity index (χ3v) is 4.56. The van der Waals surface area contributed by atoms with Crippen molar-refractivity contribution in [3.63, 3.8) is 0 Å². The zero-order chi connectivity index (χ0) is 18.5. The van der Waals surface area contributed by atoms with Gasteiger partial charge in [0.05, 0.1) is 34.2 Å². The van der Waals surface area contributed by atoms with E-state index < -0.39 is 0 Å². The van der Waals surface area contributed by atoms with Gasteiger partial charge in [-0.1, -0.05) is 18.2 Å². The summed E-state index contributed by atoms with van der Waals surface area (Å²) in [4.78, 5) is 23.2. The number of carbonyl (C=O) groups is 1. The minimum Gasteiger partial charge on any atom is -0.383 e. The lowest BCUT2D eigenvalue weighted by atomic mass is 10.1. The SMILES string of the molecule is Nc1nc2cc(-n3ncc(C(=O)c4cc5ccccc5[nH]4)c3N)ccc2[nH]1. The van der Waals surface area contributed by atoms with Crippen LogP contribution < -0.4 is 11.5 Å². The lowest BCUT2D eigenvalue weighted by Crippen LogP contribution is -2.07. The molecule has 5 rings (SSSR count). The van der Waals surface area contributed by atoms with Crippen LogP contribution in [0.25, 0.3) is 27.6 Å². The molecule has 8 heteroatoms. The summed E-state index contributed by atoms with van der Waals surface area (Å²) in [5.74, 6) is 0.395. The van der Waals surface area contributed by atoms with Gasteiger partial charge in [-0.15, -0.1) is 0 Å². The molecule has 0 amide bonds. The van der Waals surface area contributed by atoms with E-state index in [9.17, 15) is 4.79 Å². The molecule has 2 aromatic carbocycles. The number of hydrogen-bond donors (Lipinski definition) is 4. The van der Waals surface area contributed by atoms with Gasteiger partial charge < -0.3 is 21.4 Å². The molecule has 6 N–H and O–H groups in total. The van der Waals surface area contributed by atoms with Crippen molar-refractivity contribution in [3.05, 3.63) is 66.0 Å².